The van der Waals surface area contributed by atoms with E-state index < -0.39 is 0 Å². The van der Waals surface area contributed by atoms with Crippen LogP contribution in [0.2, 0.25) is 10.0 Å². The van der Waals surface area contributed by atoms with Crippen molar-refractivity contribution in [3.05, 3.63) is 58.1 Å². The molecule has 0 unspecified atom stereocenters. The van der Waals surface area contributed by atoms with Crippen LogP contribution in [0.25, 0.3) is 0 Å². The molecular weight excluding hydrogens is 293 g/mol. The Morgan fingerprint density at radius 1 is 1.10 bits per heavy atom. The third-order valence-corrected chi connectivity index (χ3v) is 3.38. The maximum Gasteiger partial charge on any atom is 0.148 e. The topological polar surface area (TPSA) is 21.3 Å². The predicted octanol–water partition coefficient (Wildman–Crippen LogP) is 4.62. The molecule has 2 nitrogen and oxygen atoms in total. The number of terminal acetylenes is 1. The molecule has 0 aliphatic carbocycles. The van der Waals surface area contributed by atoms with E-state index in [0.29, 0.717) is 16.6 Å². The van der Waals surface area contributed by atoms with Crippen LogP contribution in [0.1, 0.15) is 5.56 Å². The first-order valence-corrected chi connectivity index (χ1v) is 6.79. The lowest BCUT2D eigenvalue weighted by Crippen LogP contribution is -2.00. The van der Waals surface area contributed by atoms with Crippen LogP contribution in [0.5, 0.6) is 5.75 Å². The van der Waals surface area contributed by atoms with Crippen LogP contribution in [0, 0.1) is 12.3 Å². The average molecular weight is 306 g/mol. The number of anilines is 1. The Labute approximate surface area is 128 Å². The van der Waals surface area contributed by atoms with Crippen molar-refractivity contribution in [2.45, 2.75) is 6.54 Å². The Balaban J connectivity index is 1.99. The normalized spacial score (nSPS) is 9.85. The van der Waals surface area contributed by atoms with Gasteiger partial charge in [0.15, 0.2) is 0 Å². The molecule has 0 radical (unpaired) electrons. The van der Waals surface area contributed by atoms with Gasteiger partial charge in [-0.1, -0.05) is 41.3 Å². The first kappa shape index (κ1) is 14.6. The van der Waals surface area contributed by atoms with Crippen molar-refractivity contribution in [2.75, 3.05) is 11.9 Å². The van der Waals surface area contributed by atoms with E-state index in [1.165, 1.54) is 0 Å². The van der Waals surface area contributed by atoms with Crippen molar-refractivity contribution >= 4 is 28.9 Å². The largest absolute Gasteiger partial charge is 0.481 e. The zero-order valence-electron chi connectivity index (χ0n) is 10.7. The summed E-state index contributed by atoms with van der Waals surface area (Å²) < 4.78 is 5.38. The zero-order chi connectivity index (χ0) is 14.4. The van der Waals surface area contributed by atoms with E-state index in [1.807, 2.05) is 30.3 Å². The molecule has 0 amide bonds. The van der Waals surface area contributed by atoms with Crippen molar-refractivity contribution in [1.82, 2.24) is 0 Å². The van der Waals surface area contributed by atoms with Crippen LogP contribution >= 0.6 is 23.2 Å². The number of hydrogen-bond acceptors (Lipinski definition) is 2. The molecule has 1 N–H and O–H groups in total. The highest BCUT2D eigenvalue weighted by Crippen LogP contribution is 2.25. The van der Waals surface area contributed by atoms with Crippen LogP contribution < -0.4 is 10.1 Å². The van der Waals surface area contributed by atoms with Crippen LogP contribution in [-0.2, 0) is 6.54 Å². The number of hydrogen-bond donors (Lipinski definition) is 1. The Bertz CT molecular complexity index is 635. The summed E-state index contributed by atoms with van der Waals surface area (Å²) in [5, 5.41) is 4.35. The molecule has 2 rings (SSSR count). The minimum atomic E-state index is 0.268. The SMILES string of the molecule is C#CCOc1cccc(CNc2ccc(Cl)c(Cl)c2)c1. The average Bonchev–Trinajstić information content (AvgIpc) is 2.47. The second-order valence-corrected chi connectivity index (χ2v) is 4.94. The molecule has 0 aliphatic rings. The summed E-state index contributed by atoms with van der Waals surface area (Å²) in [5.74, 6) is 3.20. The quantitative estimate of drug-likeness (QED) is 0.814. The second kappa shape index (κ2) is 7.09. The predicted molar refractivity (Wildman–Crippen MR) is 84.6 cm³/mol. The van der Waals surface area contributed by atoms with Gasteiger partial charge in [-0.05, 0) is 35.9 Å². The van der Waals surface area contributed by atoms with Crippen molar-refractivity contribution in [3.8, 4) is 18.1 Å². The van der Waals surface area contributed by atoms with Crippen LogP contribution in [0.3, 0.4) is 0 Å². The van der Waals surface area contributed by atoms with Gasteiger partial charge < -0.3 is 10.1 Å². The van der Waals surface area contributed by atoms with Crippen LogP contribution in [0.15, 0.2) is 42.5 Å². The molecule has 0 heterocycles. The molecule has 0 aromatic heterocycles. The molecule has 20 heavy (non-hydrogen) atoms. The van der Waals surface area contributed by atoms with Crippen LogP contribution in [-0.4, -0.2) is 6.61 Å². The molecule has 102 valence electrons. The molecule has 0 fully saturated rings. The lowest BCUT2D eigenvalue weighted by atomic mass is 10.2. The summed E-state index contributed by atoms with van der Waals surface area (Å²) in [6.45, 7) is 0.925. The third kappa shape index (κ3) is 4.09. The van der Waals surface area contributed by atoms with Gasteiger partial charge in [-0.3, -0.25) is 0 Å². The summed E-state index contributed by atoms with van der Waals surface area (Å²) in [6.07, 6.45) is 5.16. The molecule has 0 atom stereocenters. The van der Waals surface area contributed by atoms with Gasteiger partial charge in [0.2, 0.25) is 0 Å². The van der Waals surface area contributed by atoms with Crippen LogP contribution in [0.4, 0.5) is 5.69 Å². The summed E-state index contributed by atoms with van der Waals surface area (Å²) in [6, 6.07) is 13.2. The second-order valence-electron chi connectivity index (χ2n) is 4.12. The van der Waals surface area contributed by atoms with Gasteiger partial charge in [0.1, 0.15) is 12.4 Å². The number of rotatable bonds is 5. The number of nitrogens with one attached hydrogen (secondary N) is 1. The minimum Gasteiger partial charge on any atom is -0.481 e. The smallest absolute Gasteiger partial charge is 0.148 e. The van der Waals surface area contributed by atoms with E-state index in [0.717, 1.165) is 17.0 Å². The summed E-state index contributed by atoms with van der Waals surface area (Å²) in [4.78, 5) is 0. The summed E-state index contributed by atoms with van der Waals surface area (Å²) >= 11 is 11.8. The Hall–Kier alpha value is -1.82. The standard InChI is InChI=1S/C16H13Cl2NO/c1-2-8-20-14-5-3-4-12(9-14)11-19-13-6-7-15(17)16(18)10-13/h1,3-7,9-10,19H,8,11H2. The van der Waals surface area contributed by atoms with Crippen molar-refractivity contribution in [3.63, 3.8) is 0 Å². The van der Waals surface area contributed by atoms with Gasteiger partial charge in [-0.15, -0.1) is 6.42 Å². The third-order valence-electron chi connectivity index (χ3n) is 2.64. The van der Waals surface area contributed by atoms with E-state index in [-0.39, 0.29) is 6.61 Å². The molecule has 0 saturated heterocycles. The molecule has 4 heteroatoms. The number of ether oxygens (including phenoxy) is 1. The van der Waals surface area contributed by atoms with Gasteiger partial charge in [0, 0.05) is 12.2 Å². The van der Waals surface area contributed by atoms with Crippen molar-refractivity contribution < 1.29 is 4.74 Å². The van der Waals surface area contributed by atoms with E-state index in [9.17, 15) is 0 Å². The Kier molecular flexibility index (Phi) is 5.17. The first-order valence-electron chi connectivity index (χ1n) is 6.03. The molecule has 0 saturated carbocycles. The Morgan fingerprint density at radius 3 is 2.70 bits per heavy atom. The molecular formula is C16H13Cl2NO. The highest BCUT2D eigenvalue weighted by molar-refractivity contribution is 6.42. The van der Waals surface area contributed by atoms with Crippen molar-refractivity contribution in [2.24, 2.45) is 0 Å². The minimum absolute atomic E-state index is 0.268. The molecule has 2 aromatic rings. The summed E-state index contributed by atoms with van der Waals surface area (Å²) in [7, 11) is 0. The van der Waals surface area contributed by atoms with E-state index in [2.05, 4.69) is 11.2 Å². The maximum atomic E-state index is 5.97. The first-order chi connectivity index (χ1) is 9.69. The summed E-state index contributed by atoms with van der Waals surface area (Å²) in [5.41, 5.74) is 2.00. The molecule has 0 aliphatic heterocycles. The molecule has 0 bridgehead atoms. The van der Waals surface area contributed by atoms with E-state index in [1.54, 1.807) is 12.1 Å². The lowest BCUT2D eigenvalue weighted by molar-refractivity contribution is 0.370. The van der Waals surface area contributed by atoms with Gasteiger partial charge in [0.05, 0.1) is 10.0 Å². The van der Waals surface area contributed by atoms with E-state index in [4.69, 9.17) is 34.4 Å². The van der Waals surface area contributed by atoms with Gasteiger partial charge in [-0.2, -0.15) is 0 Å². The zero-order valence-corrected chi connectivity index (χ0v) is 12.2. The molecule has 2 aromatic carbocycles. The highest BCUT2D eigenvalue weighted by atomic mass is 35.5. The fourth-order valence-corrected chi connectivity index (χ4v) is 1.98. The lowest BCUT2D eigenvalue weighted by Gasteiger charge is -2.09. The number of benzene rings is 2. The monoisotopic (exact) mass is 305 g/mol. The highest BCUT2D eigenvalue weighted by Gasteiger charge is 2.00. The fourth-order valence-electron chi connectivity index (χ4n) is 1.68. The van der Waals surface area contributed by atoms with Gasteiger partial charge in [0.25, 0.3) is 0 Å². The van der Waals surface area contributed by atoms with Crippen molar-refractivity contribution in [1.29, 1.82) is 0 Å². The molecule has 0 spiro atoms. The fraction of sp³-hybridized carbons (Fsp3) is 0.125. The maximum absolute atomic E-state index is 5.97. The van der Waals surface area contributed by atoms with E-state index >= 15 is 0 Å². The Morgan fingerprint density at radius 2 is 1.95 bits per heavy atom. The van der Waals surface area contributed by atoms with Gasteiger partial charge >= 0.3 is 0 Å². The van der Waals surface area contributed by atoms with Gasteiger partial charge in [-0.25, -0.2) is 0 Å². The number of halogens is 2.